The molecule has 1 aromatic rings. The Balaban J connectivity index is 0.00000338. The Hall–Kier alpha value is -0.410. The SMILES string of the molecule is CCNC(=NCCCCN1CCCC(C)C1)N(C)Cc1csc(C)n1.I. The van der Waals surface area contributed by atoms with E-state index in [0.29, 0.717) is 0 Å². The van der Waals surface area contributed by atoms with Crippen molar-refractivity contribution in [3.8, 4) is 0 Å². The molecule has 1 aliphatic heterocycles. The second kappa shape index (κ2) is 12.9. The number of piperidine rings is 1. The molecule has 0 aromatic carbocycles. The monoisotopic (exact) mass is 493 g/mol. The van der Waals surface area contributed by atoms with Gasteiger partial charge in [0.15, 0.2) is 5.96 Å². The number of aliphatic imine (C=N–C) groups is 1. The van der Waals surface area contributed by atoms with Gasteiger partial charge in [0, 0.05) is 32.1 Å². The van der Waals surface area contributed by atoms with E-state index in [0.717, 1.165) is 48.6 Å². The number of hydrogen-bond donors (Lipinski definition) is 1. The van der Waals surface area contributed by atoms with Crippen LogP contribution in [0.3, 0.4) is 0 Å². The van der Waals surface area contributed by atoms with Gasteiger partial charge in [0.2, 0.25) is 0 Å². The van der Waals surface area contributed by atoms with Gasteiger partial charge < -0.3 is 15.1 Å². The van der Waals surface area contributed by atoms with Crippen LogP contribution in [-0.4, -0.2) is 60.5 Å². The second-order valence-corrected chi connectivity index (χ2v) is 8.27. The van der Waals surface area contributed by atoms with Crippen molar-refractivity contribution in [2.24, 2.45) is 10.9 Å². The first-order chi connectivity index (χ1) is 12.1. The fourth-order valence-corrected chi connectivity index (χ4v) is 3.99. The molecular weight excluding hydrogens is 457 g/mol. The van der Waals surface area contributed by atoms with Gasteiger partial charge >= 0.3 is 0 Å². The van der Waals surface area contributed by atoms with Gasteiger partial charge in [-0.05, 0) is 58.5 Å². The Morgan fingerprint density at radius 3 is 2.92 bits per heavy atom. The summed E-state index contributed by atoms with van der Waals surface area (Å²) in [5, 5.41) is 6.65. The molecule has 1 unspecified atom stereocenters. The summed E-state index contributed by atoms with van der Waals surface area (Å²) >= 11 is 1.71. The van der Waals surface area contributed by atoms with Gasteiger partial charge in [-0.15, -0.1) is 35.3 Å². The molecule has 0 spiro atoms. The van der Waals surface area contributed by atoms with Gasteiger partial charge in [-0.25, -0.2) is 4.98 Å². The van der Waals surface area contributed by atoms with Crippen LogP contribution in [0.2, 0.25) is 0 Å². The maximum absolute atomic E-state index is 4.80. The molecule has 0 saturated carbocycles. The molecule has 1 aliphatic rings. The molecule has 2 heterocycles. The van der Waals surface area contributed by atoms with Crippen molar-refractivity contribution >= 4 is 41.3 Å². The van der Waals surface area contributed by atoms with Gasteiger partial charge in [-0.2, -0.15) is 0 Å². The summed E-state index contributed by atoms with van der Waals surface area (Å²) in [6, 6.07) is 0. The van der Waals surface area contributed by atoms with E-state index in [9.17, 15) is 0 Å². The van der Waals surface area contributed by atoms with Crippen molar-refractivity contribution in [1.29, 1.82) is 0 Å². The van der Waals surface area contributed by atoms with Crippen LogP contribution < -0.4 is 5.32 Å². The normalized spacial score (nSPS) is 18.5. The average Bonchev–Trinajstić information content (AvgIpc) is 2.98. The topological polar surface area (TPSA) is 43.8 Å². The highest BCUT2D eigenvalue weighted by atomic mass is 127. The van der Waals surface area contributed by atoms with E-state index in [1.165, 1.54) is 38.9 Å². The lowest BCUT2D eigenvalue weighted by Gasteiger charge is -2.30. The molecule has 150 valence electrons. The van der Waals surface area contributed by atoms with Crippen LogP contribution in [-0.2, 0) is 6.54 Å². The predicted molar refractivity (Wildman–Crippen MR) is 124 cm³/mol. The smallest absolute Gasteiger partial charge is 0.194 e. The maximum Gasteiger partial charge on any atom is 0.194 e. The molecular formula is C19H36IN5S. The number of likely N-dealkylation sites (tertiary alicyclic amines) is 1. The molecule has 1 aromatic heterocycles. The highest BCUT2D eigenvalue weighted by molar-refractivity contribution is 14.0. The summed E-state index contributed by atoms with van der Waals surface area (Å²) in [7, 11) is 2.09. The van der Waals surface area contributed by atoms with Crippen molar-refractivity contribution in [2.75, 3.05) is 39.8 Å². The van der Waals surface area contributed by atoms with Crippen LogP contribution in [0.15, 0.2) is 10.4 Å². The maximum atomic E-state index is 4.80. The standard InChI is InChI=1S/C19H35N5S.HI/c1-5-20-19(23(4)14-18-15-25-17(3)22-18)21-10-6-7-11-24-12-8-9-16(2)13-24;/h15-16H,5-14H2,1-4H3,(H,20,21);1H. The zero-order chi connectivity index (χ0) is 18.1. The van der Waals surface area contributed by atoms with Gasteiger partial charge in [-0.3, -0.25) is 4.99 Å². The number of halogens is 1. The highest BCUT2D eigenvalue weighted by Gasteiger charge is 2.15. The number of unbranched alkanes of at least 4 members (excludes halogenated alkanes) is 1. The quantitative estimate of drug-likeness (QED) is 0.258. The Bertz CT molecular complexity index is 534. The van der Waals surface area contributed by atoms with Crippen LogP contribution in [0.5, 0.6) is 0 Å². The number of aryl methyl sites for hydroxylation is 1. The minimum absolute atomic E-state index is 0. The first-order valence-corrected chi connectivity index (χ1v) is 10.6. The summed E-state index contributed by atoms with van der Waals surface area (Å²) in [6.45, 7) is 12.9. The lowest BCUT2D eigenvalue weighted by atomic mass is 10.0. The predicted octanol–water partition coefficient (Wildman–Crippen LogP) is 3.98. The Labute approximate surface area is 180 Å². The summed E-state index contributed by atoms with van der Waals surface area (Å²) in [5.74, 6) is 1.86. The van der Waals surface area contributed by atoms with Crippen molar-refractivity contribution in [1.82, 2.24) is 20.1 Å². The van der Waals surface area contributed by atoms with Gasteiger partial charge in [0.25, 0.3) is 0 Å². The first kappa shape index (κ1) is 23.6. The molecule has 7 heteroatoms. The van der Waals surface area contributed by atoms with E-state index >= 15 is 0 Å². The fraction of sp³-hybridized carbons (Fsp3) is 0.789. The van der Waals surface area contributed by atoms with Crippen molar-refractivity contribution in [3.63, 3.8) is 0 Å². The minimum atomic E-state index is 0. The third-order valence-corrected chi connectivity index (χ3v) is 5.47. The number of thiazole rings is 1. The lowest BCUT2D eigenvalue weighted by Crippen LogP contribution is -2.38. The molecule has 0 amide bonds. The van der Waals surface area contributed by atoms with Crippen LogP contribution >= 0.6 is 35.3 Å². The van der Waals surface area contributed by atoms with Gasteiger partial charge in [0.05, 0.1) is 17.2 Å². The molecule has 1 N–H and O–H groups in total. The zero-order valence-electron chi connectivity index (χ0n) is 16.8. The van der Waals surface area contributed by atoms with Gasteiger partial charge in [0.1, 0.15) is 0 Å². The number of nitrogens with zero attached hydrogens (tertiary/aromatic N) is 4. The van der Waals surface area contributed by atoms with E-state index in [-0.39, 0.29) is 24.0 Å². The number of rotatable bonds is 8. The third kappa shape index (κ3) is 8.52. The van der Waals surface area contributed by atoms with Gasteiger partial charge in [-0.1, -0.05) is 6.92 Å². The average molecular weight is 494 g/mol. The van der Waals surface area contributed by atoms with Crippen LogP contribution in [0.1, 0.15) is 50.2 Å². The molecule has 2 rings (SSSR count). The number of hydrogen-bond acceptors (Lipinski definition) is 4. The van der Waals surface area contributed by atoms with Crippen LogP contribution in [0.25, 0.3) is 0 Å². The fourth-order valence-electron chi connectivity index (χ4n) is 3.39. The summed E-state index contributed by atoms with van der Waals surface area (Å²) in [5.41, 5.74) is 1.12. The molecule has 0 bridgehead atoms. The Morgan fingerprint density at radius 1 is 1.46 bits per heavy atom. The van der Waals surface area contributed by atoms with E-state index in [2.05, 4.69) is 53.3 Å². The van der Waals surface area contributed by atoms with E-state index in [1.54, 1.807) is 11.3 Å². The second-order valence-electron chi connectivity index (χ2n) is 7.20. The third-order valence-electron chi connectivity index (χ3n) is 4.65. The first-order valence-electron chi connectivity index (χ1n) is 9.71. The van der Waals surface area contributed by atoms with E-state index in [1.807, 2.05) is 0 Å². The Morgan fingerprint density at radius 2 is 2.27 bits per heavy atom. The van der Waals surface area contributed by atoms with Crippen LogP contribution in [0, 0.1) is 12.8 Å². The van der Waals surface area contributed by atoms with Crippen molar-refractivity contribution in [2.45, 2.75) is 53.0 Å². The summed E-state index contributed by atoms with van der Waals surface area (Å²) in [4.78, 5) is 14.1. The molecule has 1 fully saturated rings. The summed E-state index contributed by atoms with van der Waals surface area (Å²) < 4.78 is 0. The molecule has 1 atom stereocenters. The van der Waals surface area contributed by atoms with Crippen LogP contribution in [0.4, 0.5) is 0 Å². The Kier molecular flexibility index (Phi) is 11.7. The van der Waals surface area contributed by atoms with Crippen molar-refractivity contribution in [3.05, 3.63) is 16.1 Å². The number of nitrogens with one attached hydrogen (secondary N) is 1. The molecule has 1 saturated heterocycles. The largest absolute Gasteiger partial charge is 0.357 e. The number of aromatic nitrogens is 1. The zero-order valence-corrected chi connectivity index (χ0v) is 20.0. The molecule has 0 radical (unpaired) electrons. The molecule has 26 heavy (non-hydrogen) atoms. The minimum Gasteiger partial charge on any atom is -0.357 e. The molecule has 0 aliphatic carbocycles. The van der Waals surface area contributed by atoms with Crippen molar-refractivity contribution < 1.29 is 0 Å². The van der Waals surface area contributed by atoms with E-state index < -0.39 is 0 Å². The molecule has 5 nitrogen and oxygen atoms in total. The number of guanidine groups is 1. The highest BCUT2D eigenvalue weighted by Crippen LogP contribution is 2.15. The summed E-state index contributed by atoms with van der Waals surface area (Å²) in [6.07, 6.45) is 5.16. The lowest BCUT2D eigenvalue weighted by molar-refractivity contribution is 0.181. The van der Waals surface area contributed by atoms with E-state index in [4.69, 9.17) is 4.99 Å².